The lowest BCUT2D eigenvalue weighted by Crippen LogP contribution is -2.15. The van der Waals surface area contributed by atoms with Crippen molar-refractivity contribution in [3.63, 3.8) is 0 Å². The first kappa shape index (κ1) is 13.1. The Morgan fingerprint density at radius 1 is 1.32 bits per heavy atom. The summed E-state index contributed by atoms with van der Waals surface area (Å²) >= 11 is 0. The molecule has 1 unspecified atom stereocenters. The van der Waals surface area contributed by atoms with Crippen molar-refractivity contribution in [3.05, 3.63) is 59.4 Å². The van der Waals surface area contributed by atoms with Gasteiger partial charge in [0.25, 0.3) is 0 Å². The quantitative estimate of drug-likeness (QED) is 0.882. The third-order valence-electron chi connectivity index (χ3n) is 3.16. The number of rotatable bonds is 4. The topological polar surface area (TPSA) is 68.0 Å². The SMILES string of the molecule is Cc1c(NC(C)c2cccnc2)cccc1C(N)=O. The van der Waals surface area contributed by atoms with Gasteiger partial charge in [-0.25, -0.2) is 0 Å². The number of hydrogen-bond donors (Lipinski definition) is 2. The summed E-state index contributed by atoms with van der Waals surface area (Å²) < 4.78 is 0. The van der Waals surface area contributed by atoms with E-state index < -0.39 is 5.91 Å². The maximum atomic E-state index is 11.3. The summed E-state index contributed by atoms with van der Waals surface area (Å²) in [4.78, 5) is 15.4. The molecular formula is C15H17N3O. The van der Waals surface area contributed by atoms with Crippen molar-refractivity contribution in [1.29, 1.82) is 0 Å². The van der Waals surface area contributed by atoms with Crippen LogP contribution < -0.4 is 11.1 Å². The van der Waals surface area contributed by atoms with Gasteiger partial charge >= 0.3 is 0 Å². The molecule has 2 rings (SSSR count). The minimum Gasteiger partial charge on any atom is -0.378 e. The Kier molecular flexibility index (Phi) is 3.80. The van der Waals surface area contributed by atoms with Crippen molar-refractivity contribution in [2.45, 2.75) is 19.9 Å². The van der Waals surface area contributed by atoms with Crippen LogP contribution in [0.3, 0.4) is 0 Å². The highest BCUT2D eigenvalue weighted by Gasteiger charge is 2.11. The Labute approximate surface area is 112 Å². The molecule has 1 aromatic carbocycles. The van der Waals surface area contributed by atoms with Gasteiger partial charge < -0.3 is 11.1 Å². The molecular weight excluding hydrogens is 238 g/mol. The molecule has 4 nitrogen and oxygen atoms in total. The number of carbonyl (C=O) groups excluding carboxylic acids is 1. The zero-order valence-electron chi connectivity index (χ0n) is 11.1. The summed E-state index contributed by atoms with van der Waals surface area (Å²) in [6.07, 6.45) is 3.57. The summed E-state index contributed by atoms with van der Waals surface area (Å²) in [7, 11) is 0. The van der Waals surface area contributed by atoms with E-state index in [0.29, 0.717) is 5.56 Å². The fourth-order valence-electron chi connectivity index (χ4n) is 2.01. The first-order chi connectivity index (χ1) is 9.09. The maximum Gasteiger partial charge on any atom is 0.249 e. The summed E-state index contributed by atoms with van der Waals surface area (Å²) in [5.74, 6) is -0.407. The monoisotopic (exact) mass is 255 g/mol. The minimum absolute atomic E-state index is 0.107. The molecule has 1 amide bonds. The number of benzene rings is 1. The molecule has 0 bridgehead atoms. The van der Waals surface area contributed by atoms with E-state index in [1.807, 2.05) is 44.3 Å². The molecule has 1 aromatic heterocycles. The molecule has 2 aromatic rings. The molecule has 3 N–H and O–H groups in total. The van der Waals surface area contributed by atoms with E-state index in [-0.39, 0.29) is 6.04 Å². The number of nitrogens with one attached hydrogen (secondary N) is 1. The van der Waals surface area contributed by atoms with Gasteiger partial charge in [-0.05, 0) is 43.2 Å². The Morgan fingerprint density at radius 3 is 2.74 bits per heavy atom. The minimum atomic E-state index is -0.407. The number of pyridine rings is 1. The molecule has 0 spiro atoms. The van der Waals surface area contributed by atoms with Gasteiger partial charge in [0.15, 0.2) is 0 Å². The van der Waals surface area contributed by atoms with Gasteiger partial charge in [0.2, 0.25) is 5.91 Å². The van der Waals surface area contributed by atoms with Gasteiger partial charge in [-0.3, -0.25) is 9.78 Å². The summed E-state index contributed by atoms with van der Waals surface area (Å²) in [5, 5.41) is 3.37. The second-order valence-corrected chi connectivity index (χ2v) is 4.49. The molecule has 0 aliphatic carbocycles. The van der Waals surface area contributed by atoms with E-state index in [9.17, 15) is 4.79 Å². The van der Waals surface area contributed by atoms with Crippen LogP contribution in [0.1, 0.15) is 34.5 Å². The summed E-state index contributed by atoms with van der Waals surface area (Å²) in [6, 6.07) is 9.52. The number of nitrogens with zero attached hydrogens (tertiary/aromatic N) is 1. The number of amides is 1. The van der Waals surface area contributed by atoms with Crippen LogP contribution in [0.2, 0.25) is 0 Å². The third-order valence-corrected chi connectivity index (χ3v) is 3.16. The second-order valence-electron chi connectivity index (χ2n) is 4.49. The Hall–Kier alpha value is -2.36. The molecule has 0 aliphatic rings. The van der Waals surface area contributed by atoms with Crippen LogP contribution in [0.15, 0.2) is 42.7 Å². The fraction of sp³-hybridized carbons (Fsp3) is 0.200. The highest BCUT2D eigenvalue weighted by atomic mass is 16.1. The van der Waals surface area contributed by atoms with E-state index in [2.05, 4.69) is 10.3 Å². The van der Waals surface area contributed by atoms with E-state index in [0.717, 1.165) is 16.8 Å². The molecule has 1 atom stereocenters. The molecule has 19 heavy (non-hydrogen) atoms. The average molecular weight is 255 g/mol. The standard InChI is InChI=1S/C15H17N3O/c1-10-13(15(16)19)6-3-7-14(10)18-11(2)12-5-4-8-17-9-12/h3-9,11,18H,1-2H3,(H2,16,19). The number of anilines is 1. The van der Waals surface area contributed by atoms with Crippen molar-refractivity contribution in [2.24, 2.45) is 5.73 Å². The smallest absolute Gasteiger partial charge is 0.249 e. The molecule has 0 radical (unpaired) electrons. The third kappa shape index (κ3) is 2.91. The largest absolute Gasteiger partial charge is 0.378 e. The fourth-order valence-corrected chi connectivity index (χ4v) is 2.01. The molecule has 98 valence electrons. The van der Waals surface area contributed by atoms with Crippen LogP contribution in [-0.2, 0) is 0 Å². The Balaban J connectivity index is 2.25. The Morgan fingerprint density at radius 2 is 2.11 bits per heavy atom. The lowest BCUT2D eigenvalue weighted by molar-refractivity contribution is 0.1000. The van der Waals surface area contributed by atoms with Gasteiger partial charge in [-0.2, -0.15) is 0 Å². The molecule has 4 heteroatoms. The van der Waals surface area contributed by atoms with Gasteiger partial charge in [0.05, 0.1) is 6.04 Å². The molecule has 0 fully saturated rings. The first-order valence-corrected chi connectivity index (χ1v) is 6.15. The van der Waals surface area contributed by atoms with Gasteiger partial charge in [-0.15, -0.1) is 0 Å². The number of nitrogens with two attached hydrogens (primary N) is 1. The van der Waals surface area contributed by atoms with E-state index >= 15 is 0 Å². The molecule has 0 saturated carbocycles. The summed E-state index contributed by atoms with van der Waals surface area (Å²) in [6.45, 7) is 3.94. The van der Waals surface area contributed by atoms with Gasteiger partial charge in [0, 0.05) is 23.6 Å². The maximum absolute atomic E-state index is 11.3. The number of hydrogen-bond acceptors (Lipinski definition) is 3. The normalized spacial score (nSPS) is 11.9. The Bertz CT molecular complexity index is 581. The predicted molar refractivity (Wildman–Crippen MR) is 76.0 cm³/mol. The highest BCUT2D eigenvalue weighted by Crippen LogP contribution is 2.23. The van der Waals surface area contributed by atoms with Gasteiger partial charge in [-0.1, -0.05) is 12.1 Å². The van der Waals surface area contributed by atoms with E-state index in [1.54, 1.807) is 12.3 Å². The highest BCUT2D eigenvalue weighted by molar-refractivity contribution is 5.95. The summed E-state index contributed by atoms with van der Waals surface area (Å²) in [5.41, 5.74) is 8.76. The van der Waals surface area contributed by atoms with Crippen molar-refractivity contribution in [1.82, 2.24) is 4.98 Å². The lowest BCUT2D eigenvalue weighted by Gasteiger charge is -2.18. The van der Waals surface area contributed by atoms with E-state index in [4.69, 9.17) is 5.73 Å². The zero-order valence-corrected chi connectivity index (χ0v) is 11.1. The van der Waals surface area contributed by atoms with E-state index in [1.165, 1.54) is 0 Å². The van der Waals surface area contributed by atoms with Crippen molar-refractivity contribution in [2.75, 3.05) is 5.32 Å². The molecule has 1 heterocycles. The van der Waals surface area contributed by atoms with Crippen LogP contribution in [0.5, 0.6) is 0 Å². The number of primary amides is 1. The zero-order chi connectivity index (χ0) is 13.8. The average Bonchev–Trinajstić information content (AvgIpc) is 2.41. The lowest BCUT2D eigenvalue weighted by atomic mass is 10.0. The first-order valence-electron chi connectivity index (χ1n) is 6.15. The molecule has 0 saturated heterocycles. The number of carbonyl (C=O) groups is 1. The van der Waals surface area contributed by atoms with Crippen LogP contribution >= 0.6 is 0 Å². The van der Waals surface area contributed by atoms with Crippen molar-refractivity contribution < 1.29 is 4.79 Å². The van der Waals surface area contributed by atoms with Crippen LogP contribution in [0, 0.1) is 6.92 Å². The van der Waals surface area contributed by atoms with Crippen LogP contribution in [0.25, 0.3) is 0 Å². The predicted octanol–water partition coefficient (Wildman–Crippen LogP) is 2.66. The number of aromatic nitrogens is 1. The van der Waals surface area contributed by atoms with Crippen molar-refractivity contribution >= 4 is 11.6 Å². The van der Waals surface area contributed by atoms with Crippen LogP contribution in [-0.4, -0.2) is 10.9 Å². The van der Waals surface area contributed by atoms with Crippen LogP contribution in [0.4, 0.5) is 5.69 Å². The molecule has 0 aliphatic heterocycles. The van der Waals surface area contributed by atoms with Gasteiger partial charge in [0.1, 0.15) is 0 Å². The van der Waals surface area contributed by atoms with Crippen molar-refractivity contribution in [3.8, 4) is 0 Å². The second kappa shape index (κ2) is 5.52.